The molecule has 0 aliphatic rings. The van der Waals surface area contributed by atoms with Crippen LogP contribution in [0.1, 0.15) is 29.4 Å². The third-order valence-corrected chi connectivity index (χ3v) is 3.29. The Balaban J connectivity index is 2.31. The van der Waals surface area contributed by atoms with Crippen molar-refractivity contribution in [2.24, 2.45) is 0 Å². The van der Waals surface area contributed by atoms with Gasteiger partial charge in [-0.25, -0.2) is 0 Å². The zero-order valence-electron chi connectivity index (χ0n) is 9.40. The van der Waals surface area contributed by atoms with Crippen LogP contribution in [0, 0.1) is 0 Å². The highest BCUT2D eigenvalue weighted by atomic mass is 35.5. The van der Waals surface area contributed by atoms with Crippen LogP contribution in [0.3, 0.4) is 0 Å². The van der Waals surface area contributed by atoms with Crippen molar-refractivity contribution in [3.8, 4) is 0 Å². The number of carbonyl (C=O) groups is 2. The number of Topliss-reactive ketones (excluding diaryl/α,β-unsaturated/α-hetero) is 1. The average molecular weight is 276 g/mol. The molecule has 2 N–H and O–H groups in total. The minimum absolute atomic E-state index is 0.0888. The van der Waals surface area contributed by atoms with E-state index in [2.05, 4.69) is 5.32 Å². The third-order valence-electron chi connectivity index (χ3n) is 2.02. The summed E-state index contributed by atoms with van der Waals surface area (Å²) >= 11 is 6.92. The molecule has 1 heterocycles. The highest BCUT2D eigenvalue weighted by molar-refractivity contribution is 7.18. The number of ketones is 1. The van der Waals surface area contributed by atoms with Crippen molar-refractivity contribution in [2.45, 2.75) is 25.9 Å². The second-order valence-corrected chi connectivity index (χ2v) is 5.40. The summed E-state index contributed by atoms with van der Waals surface area (Å²) in [7, 11) is 0. The smallest absolute Gasteiger partial charge is 0.220 e. The lowest BCUT2D eigenvalue weighted by Crippen LogP contribution is -2.30. The van der Waals surface area contributed by atoms with Crippen molar-refractivity contribution in [1.29, 1.82) is 0 Å². The number of hydrogen-bond donors (Lipinski definition) is 2. The quantitative estimate of drug-likeness (QED) is 0.779. The van der Waals surface area contributed by atoms with Gasteiger partial charge in [-0.2, -0.15) is 0 Å². The first kappa shape index (κ1) is 14.2. The van der Waals surface area contributed by atoms with Crippen LogP contribution in [-0.4, -0.2) is 29.4 Å². The maximum Gasteiger partial charge on any atom is 0.220 e. The molecule has 0 aliphatic carbocycles. The summed E-state index contributed by atoms with van der Waals surface area (Å²) in [6.45, 7) is 1.79. The second kappa shape index (κ2) is 6.74. The van der Waals surface area contributed by atoms with Crippen LogP contribution in [0.2, 0.25) is 4.34 Å². The Morgan fingerprint density at radius 1 is 1.47 bits per heavy atom. The van der Waals surface area contributed by atoms with E-state index in [4.69, 9.17) is 16.7 Å². The number of thiophene rings is 1. The van der Waals surface area contributed by atoms with Crippen LogP contribution in [-0.2, 0) is 4.79 Å². The van der Waals surface area contributed by atoms with Crippen LogP contribution < -0.4 is 5.32 Å². The maximum absolute atomic E-state index is 11.6. The molecule has 1 aromatic heterocycles. The molecule has 1 amide bonds. The topological polar surface area (TPSA) is 66.4 Å². The van der Waals surface area contributed by atoms with Crippen LogP contribution in [0.15, 0.2) is 12.1 Å². The molecule has 6 heteroatoms. The zero-order valence-corrected chi connectivity index (χ0v) is 11.0. The van der Waals surface area contributed by atoms with Gasteiger partial charge in [-0.1, -0.05) is 11.6 Å². The SMILES string of the molecule is CC(O)CNC(=O)CCC(=O)c1ccc(Cl)s1. The summed E-state index contributed by atoms with van der Waals surface area (Å²) in [6, 6.07) is 3.32. The monoisotopic (exact) mass is 275 g/mol. The highest BCUT2D eigenvalue weighted by Crippen LogP contribution is 2.22. The molecule has 1 rings (SSSR count). The van der Waals surface area contributed by atoms with Crippen molar-refractivity contribution in [3.05, 3.63) is 21.3 Å². The predicted molar refractivity (Wildman–Crippen MR) is 67.6 cm³/mol. The van der Waals surface area contributed by atoms with E-state index in [1.54, 1.807) is 19.1 Å². The van der Waals surface area contributed by atoms with E-state index in [0.717, 1.165) is 0 Å². The highest BCUT2D eigenvalue weighted by Gasteiger charge is 2.11. The molecule has 1 unspecified atom stereocenters. The molecule has 0 radical (unpaired) electrons. The summed E-state index contributed by atoms with van der Waals surface area (Å²) in [6.07, 6.45) is -0.297. The molecular weight excluding hydrogens is 262 g/mol. The average Bonchev–Trinajstić information content (AvgIpc) is 2.70. The number of nitrogens with one attached hydrogen (secondary N) is 1. The molecule has 0 spiro atoms. The van der Waals surface area contributed by atoms with Gasteiger partial charge >= 0.3 is 0 Å². The second-order valence-electron chi connectivity index (χ2n) is 3.68. The fourth-order valence-electron chi connectivity index (χ4n) is 1.16. The Morgan fingerprint density at radius 3 is 2.71 bits per heavy atom. The lowest BCUT2D eigenvalue weighted by atomic mass is 10.2. The Kier molecular flexibility index (Phi) is 5.61. The molecule has 4 nitrogen and oxygen atoms in total. The van der Waals surface area contributed by atoms with Gasteiger partial charge in [0.15, 0.2) is 5.78 Å². The Morgan fingerprint density at radius 2 is 2.18 bits per heavy atom. The summed E-state index contributed by atoms with van der Waals surface area (Å²) in [5.41, 5.74) is 0. The number of aliphatic hydroxyl groups is 1. The lowest BCUT2D eigenvalue weighted by Gasteiger charge is -2.06. The third kappa shape index (κ3) is 5.30. The summed E-state index contributed by atoms with van der Waals surface area (Å²) < 4.78 is 0.562. The number of carbonyl (C=O) groups excluding carboxylic acids is 2. The molecule has 0 saturated heterocycles. The van der Waals surface area contributed by atoms with Gasteiger partial charge in [0.2, 0.25) is 5.91 Å². The Hall–Kier alpha value is -0.910. The molecule has 0 aromatic carbocycles. The number of amides is 1. The fraction of sp³-hybridized carbons (Fsp3) is 0.455. The van der Waals surface area contributed by atoms with Crippen LogP contribution >= 0.6 is 22.9 Å². The van der Waals surface area contributed by atoms with E-state index in [-0.39, 0.29) is 31.1 Å². The van der Waals surface area contributed by atoms with Crippen molar-refractivity contribution in [3.63, 3.8) is 0 Å². The maximum atomic E-state index is 11.6. The summed E-state index contributed by atoms with van der Waals surface area (Å²) in [4.78, 5) is 23.5. The minimum atomic E-state index is -0.578. The largest absolute Gasteiger partial charge is 0.392 e. The first-order chi connectivity index (χ1) is 7.99. The Bertz CT molecular complexity index is 403. The van der Waals surface area contributed by atoms with E-state index in [1.807, 2.05) is 0 Å². The number of aliphatic hydroxyl groups excluding tert-OH is 1. The van der Waals surface area contributed by atoms with E-state index in [9.17, 15) is 9.59 Å². The van der Waals surface area contributed by atoms with Gasteiger partial charge in [0, 0.05) is 19.4 Å². The lowest BCUT2D eigenvalue weighted by molar-refractivity contribution is -0.121. The molecule has 1 aromatic rings. The van der Waals surface area contributed by atoms with Gasteiger partial charge in [-0.05, 0) is 19.1 Å². The number of rotatable bonds is 6. The molecular formula is C11H14ClNO3S. The molecule has 0 saturated carbocycles. The van der Waals surface area contributed by atoms with Gasteiger partial charge in [0.1, 0.15) is 0 Å². The predicted octanol–water partition coefficient (Wildman–Crippen LogP) is 1.86. The fourth-order valence-corrected chi connectivity index (χ4v) is 2.17. The number of hydrogen-bond acceptors (Lipinski definition) is 4. The van der Waals surface area contributed by atoms with E-state index < -0.39 is 6.10 Å². The Labute approximate surface area is 109 Å². The van der Waals surface area contributed by atoms with Crippen molar-refractivity contribution in [1.82, 2.24) is 5.32 Å². The molecule has 17 heavy (non-hydrogen) atoms. The molecule has 1 atom stereocenters. The number of halogens is 1. The molecule has 0 fully saturated rings. The van der Waals surface area contributed by atoms with Crippen LogP contribution in [0.4, 0.5) is 0 Å². The van der Waals surface area contributed by atoms with Crippen LogP contribution in [0.25, 0.3) is 0 Å². The summed E-state index contributed by atoms with van der Waals surface area (Å²) in [5, 5.41) is 11.5. The van der Waals surface area contributed by atoms with Crippen molar-refractivity contribution >= 4 is 34.6 Å². The standard InChI is InChI=1S/C11H14ClNO3S/c1-7(14)6-13-11(16)5-2-8(15)9-3-4-10(12)17-9/h3-4,7,14H,2,5-6H2,1H3,(H,13,16). The van der Waals surface area contributed by atoms with Gasteiger partial charge < -0.3 is 10.4 Å². The van der Waals surface area contributed by atoms with E-state index >= 15 is 0 Å². The minimum Gasteiger partial charge on any atom is -0.392 e. The van der Waals surface area contributed by atoms with Crippen molar-refractivity contribution < 1.29 is 14.7 Å². The van der Waals surface area contributed by atoms with Gasteiger partial charge in [-0.15, -0.1) is 11.3 Å². The zero-order chi connectivity index (χ0) is 12.8. The van der Waals surface area contributed by atoms with E-state index in [0.29, 0.717) is 9.21 Å². The molecule has 94 valence electrons. The molecule has 0 aliphatic heterocycles. The van der Waals surface area contributed by atoms with Gasteiger partial charge in [0.05, 0.1) is 15.3 Å². The van der Waals surface area contributed by atoms with Crippen LogP contribution in [0.5, 0.6) is 0 Å². The van der Waals surface area contributed by atoms with Crippen molar-refractivity contribution in [2.75, 3.05) is 6.54 Å². The first-order valence-corrected chi connectivity index (χ1v) is 6.42. The van der Waals surface area contributed by atoms with Gasteiger partial charge in [0.25, 0.3) is 0 Å². The first-order valence-electron chi connectivity index (χ1n) is 5.22. The van der Waals surface area contributed by atoms with Gasteiger partial charge in [-0.3, -0.25) is 9.59 Å². The van der Waals surface area contributed by atoms with E-state index in [1.165, 1.54) is 11.3 Å². The molecule has 0 bridgehead atoms. The normalized spacial score (nSPS) is 12.2. The summed E-state index contributed by atoms with van der Waals surface area (Å²) in [5.74, 6) is -0.323.